The summed E-state index contributed by atoms with van der Waals surface area (Å²) in [6.45, 7) is 2.05. The van der Waals surface area contributed by atoms with Gasteiger partial charge in [-0.25, -0.2) is 13.2 Å². The maximum Gasteiger partial charge on any atom is 0.306 e. The molecule has 0 saturated heterocycles. The molecule has 0 saturated carbocycles. The van der Waals surface area contributed by atoms with Crippen LogP contribution in [0.2, 0.25) is 0 Å². The van der Waals surface area contributed by atoms with Crippen molar-refractivity contribution in [3.8, 4) is 0 Å². The van der Waals surface area contributed by atoms with E-state index in [1.54, 1.807) is 0 Å². The first-order valence-corrected chi connectivity index (χ1v) is 7.88. The molecule has 0 amide bonds. The number of carbonyl (C=O) groups is 2. The lowest BCUT2D eigenvalue weighted by atomic mass is 10.2. The van der Waals surface area contributed by atoms with Crippen LogP contribution in [0, 0.1) is 17.5 Å². The van der Waals surface area contributed by atoms with Crippen LogP contribution >= 0.6 is 0 Å². The summed E-state index contributed by atoms with van der Waals surface area (Å²) in [5.74, 6) is -5.23. The number of esters is 2. The molecule has 0 aliphatic heterocycles. The van der Waals surface area contributed by atoms with E-state index >= 15 is 0 Å². The molecule has 7 heteroatoms. The van der Waals surface area contributed by atoms with Gasteiger partial charge in [0.2, 0.25) is 0 Å². The van der Waals surface area contributed by atoms with E-state index in [-0.39, 0.29) is 37.4 Å². The lowest BCUT2D eigenvalue weighted by molar-refractivity contribution is -0.146. The van der Waals surface area contributed by atoms with E-state index in [0.717, 1.165) is 31.4 Å². The molecule has 1 rings (SSSR count). The molecule has 0 N–H and O–H groups in total. The molecule has 0 spiro atoms. The number of carbonyl (C=O) groups excluding carboxylic acids is 2. The first-order chi connectivity index (χ1) is 11.4. The smallest absolute Gasteiger partial charge is 0.306 e. The summed E-state index contributed by atoms with van der Waals surface area (Å²) >= 11 is 0. The molecule has 1 aromatic rings. The van der Waals surface area contributed by atoms with E-state index in [2.05, 4.69) is 0 Å². The maximum atomic E-state index is 13.0. The Morgan fingerprint density at radius 3 is 2.08 bits per heavy atom. The van der Waals surface area contributed by atoms with Crippen LogP contribution in [0.25, 0.3) is 0 Å². The monoisotopic (exact) mass is 346 g/mol. The van der Waals surface area contributed by atoms with Crippen LogP contribution in [0.1, 0.15) is 51.0 Å². The zero-order valence-corrected chi connectivity index (χ0v) is 13.6. The number of benzene rings is 1. The summed E-state index contributed by atoms with van der Waals surface area (Å²) in [6, 6.07) is 1.53. The fourth-order valence-corrected chi connectivity index (χ4v) is 1.91. The van der Waals surface area contributed by atoms with Crippen molar-refractivity contribution in [2.75, 3.05) is 6.61 Å². The maximum absolute atomic E-state index is 13.0. The van der Waals surface area contributed by atoms with Gasteiger partial charge in [-0.05, 0) is 30.5 Å². The highest BCUT2D eigenvalue weighted by Crippen LogP contribution is 2.14. The third-order valence-corrected chi connectivity index (χ3v) is 3.22. The van der Waals surface area contributed by atoms with Gasteiger partial charge in [-0.15, -0.1) is 0 Å². The fraction of sp³-hybridized carbons (Fsp3) is 0.529. The Labute approximate surface area is 138 Å². The van der Waals surface area contributed by atoms with E-state index in [9.17, 15) is 22.8 Å². The van der Waals surface area contributed by atoms with Crippen molar-refractivity contribution in [1.82, 2.24) is 0 Å². The zero-order valence-electron chi connectivity index (χ0n) is 13.6. The van der Waals surface area contributed by atoms with Gasteiger partial charge in [0.15, 0.2) is 17.5 Å². The minimum absolute atomic E-state index is 0.00934. The molecule has 4 nitrogen and oxygen atoms in total. The minimum atomic E-state index is -1.57. The molecule has 134 valence electrons. The second-order valence-corrected chi connectivity index (χ2v) is 5.32. The molecular formula is C17H21F3O4. The Balaban J connectivity index is 2.21. The highest BCUT2D eigenvalue weighted by atomic mass is 19.2. The topological polar surface area (TPSA) is 52.6 Å². The molecule has 24 heavy (non-hydrogen) atoms. The van der Waals surface area contributed by atoms with Crippen LogP contribution in [0.4, 0.5) is 13.2 Å². The third-order valence-electron chi connectivity index (χ3n) is 3.22. The standard InChI is InChI=1S/C17H21F3O4/c1-2-3-4-8-23-15(21)6-5-7-16(22)24-11-12-9-13(18)17(20)14(19)10-12/h9-10H,2-8,11H2,1H3. The molecule has 0 aliphatic rings. The molecular weight excluding hydrogens is 325 g/mol. The summed E-state index contributed by atoms with van der Waals surface area (Å²) in [4.78, 5) is 22.9. The molecule has 0 unspecified atom stereocenters. The summed E-state index contributed by atoms with van der Waals surface area (Å²) in [6.07, 6.45) is 3.18. The molecule has 0 radical (unpaired) electrons. The molecule has 0 atom stereocenters. The number of hydrogen-bond acceptors (Lipinski definition) is 4. The van der Waals surface area contributed by atoms with Crippen LogP contribution in [-0.2, 0) is 25.7 Å². The lowest BCUT2D eigenvalue weighted by Crippen LogP contribution is -2.09. The van der Waals surface area contributed by atoms with Crippen molar-refractivity contribution < 1.29 is 32.2 Å². The van der Waals surface area contributed by atoms with Crippen molar-refractivity contribution in [3.63, 3.8) is 0 Å². The number of halogens is 3. The van der Waals surface area contributed by atoms with Gasteiger partial charge >= 0.3 is 11.9 Å². The molecule has 0 heterocycles. The summed E-state index contributed by atoms with van der Waals surface area (Å²) < 4.78 is 48.6. The minimum Gasteiger partial charge on any atom is -0.466 e. The summed E-state index contributed by atoms with van der Waals surface area (Å²) in [5, 5.41) is 0. The molecule has 0 bridgehead atoms. The largest absolute Gasteiger partial charge is 0.466 e. The Kier molecular flexibility index (Phi) is 8.89. The van der Waals surface area contributed by atoms with E-state index in [4.69, 9.17) is 9.47 Å². The second-order valence-electron chi connectivity index (χ2n) is 5.32. The second kappa shape index (κ2) is 10.7. The summed E-state index contributed by atoms with van der Waals surface area (Å²) in [5.41, 5.74) is 0.00934. The van der Waals surface area contributed by atoms with Crippen LogP contribution < -0.4 is 0 Å². The Morgan fingerprint density at radius 2 is 1.50 bits per heavy atom. The van der Waals surface area contributed by atoms with Gasteiger partial charge < -0.3 is 9.47 Å². The number of rotatable bonds is 10. The quantitative estimate of drug-likeness (QED) is 0.364. The first-order valence-electron chi connectivity index (χ1n) is 7.88. The van der Waals surface area contributed by atoms with Gasteiger partial charge in [0, 0.05) is 12.8 Å². The normalized spacial score (nSPS) is 10.5. The van der Waals surface area contributed by atoms with Gasteiger partial charge in [-0.1, -0.05) is 19.8 Å². The van der Waals surface area contributed by atoms with Gasteiger partial charge in [-0.3, -0.25) is 9.59 Å². The van der Waals surface area contributed by atoms with Crippen LogP contribution in [0.5, 0.6) is 0 Å². The average molecular weight is 346 g/mol. The Hall–Kier alpha value is -2.05. The van der Waals surface area contributed by atoms with E-state index in [1.807, 2.05) is 6.92 Å². The van der Waals surface area contributed by atoms with Crippen molar-refractivity contribution in [3.05, 3.63) is 35.1 Å². The van der Waals surface area contributed by atoms with Crippen LogP contribution in [0.3, 0.4) is 0 Å². The predicted octanol–water partition coefficient (Wildman–Crippen LogP) is 4.05. The number of unbranched alkanes of at least 4 members (excludes halogenated alkanes) is 2. The highest BCUT2D eigenvalue weighted by molar-refractivity contribution is 5.72. The van der Waals surface area contributed by atoms with Crippen molar-refractivity contribution in [1.29, 1.82) is 0 Å². The highest BCUT2D eigenvalue weighted by Gasteiger charge is 2.12. The average Bonchev–Trinajstić information content (AvgIpc) is 2.54. The van der Waals surface area contributed by atoms with E-state index < -0.39 is 23.4 Å². The van der Waals surface area contributed by atoms with Crippen LogP contribution in [-0.4, -0.2) is 18.5 Å². The predicted molar refractivity (Wildman–Crippen MR) is 80.4 cm³/mol. The number of hydrogen-bond donors (Lipinski definition) is 0. The van der Waals surface area contributed by atoms with Crippen LogP contribution in [0.15, 0.2) is 12.1 Å². The SMILES string of the molecule is CCCCCOC(=O)CCCC(=O)OCc1cc(F)c(F)c(F)c1. The lowest BCUT2D eigenvalue weighted by Gasteiger charge is -2.06. The molecule has 0 fully saturated rings. The van der Waals surface area contributed by atoms with Gasteiger partial charge in [0.1, 0.15) is 6.61 Å². The van der Waals surface area contributed by atoms with Gasteiger partial charge in [-0.2, -0.15) is 0 Å². The van der Waals surface area contributed by atoms with Crippen molar-refractivity contribution >= 4 is 11.9 Å². The molecule has 0 aromatic heterocycles. The van der Waals surface area contributed by atoms with E-state index in [1.165, 1.54) is 0 Å². The molecule has 1 aromatic carbocycles. The number of ether oxygens (including phenoxy) is 2. The Morgan fingerprint density at radius 1 is 0.917 bits per heavy atom. The van der Waals surface area contributed by atoms with Gasteiger partial charge in [0.25, 0.3) is 0 Å². The van der Waals surface area contributed by atoms with Crippen molar-refractivity contribution in [2.24, 2.45) is 0 Å². The third kappa shape index (κ3) is 7.48. The summed E-state index contributed by atoms with van der Waals surface area (Å²) in [7, 11) is 0. The fourth-order valence-electron chi connectivity index (χ4n) is 1.91. The first kappa shape index (κ1) is 20.0. The molecule has 0 aliphatic carbocycles. The van der Waals surface area contributed by atoms with E-state index in [0.29, 0.717) is 6.61 Å². The zero-order chi connectivity index (χ0) is 17.9. The van der Waals surface area contributed by atoms with Crippen molar-refractivity contribution in [2.45, 2.75) is 52.1 Å². The van der Waals surface area contributed by atoms with Gasteiger partial charge in [0.05, 0.1) is 6.61 Å². The Bertz CT molecular complexity index is 538.